The van der Waals surface area contributed by atoms with Gasteiger partial charge in [0.25, 0.3) is 0 Å². The maximum Gasteiger partial charge on any atom is 1.00 e. The van der Waals surface area contributed by atoms with Gasteiger partial charge in [0.05, 0.1) is 5.91 Å². The molecule has 1 aromatic rings. The average molecular weight is 564 g/mol. The molecule has 2 rings (SSSR count). The van der Waals surface area contributed by atoms with E-state index in [9.17, 15) is 4.79 Å². The first-order chi connectivity index (χ1) is 10.3. The van der Waals surface area contributed by atoms with Crippen LogP contribution in [0.3, 0.4) is 0 Å². The monoisotopic (exact) mass is 563 g/mol. The van der Waals surface area contributed by atoms with Gasteiger partial charge in [-0.25, -0.2) is 0 Å². The Balaban J connectivity index is -0.0000000954. The Kier molecular flexibility index (Phi) is 42.2. The summed E-state index contributed by atoms with van der Waals surface area (Å²) < 4.78 is 0. The predicted molar refractivity (Wildman–Crippen MR) is 92.5 cm³/mol. The summed E-state index contributed by atoms with van der Waals surface area (Å²) in [5.74, 6) is 0.0832. The van der Waals surface area contributed by atoms with Gasteiger partial charge in [0.2, 0.25) is 0 Å². The molecule has 0 saturated carbocycles. The zero-order chi connectivity index (χ0) is 17.3. The van der Waals surface area contributed by atoms with Crippen LogP contribution in [-0.4, -0.2) is 12.7 Å². The van der Waals surface area contributed by atoms with Gasteiger partial charge in [-0.3, -0.25) is 0 Å². The molecule has 1 aliphatic heterocycles. The molecule has 0 bridgehead atoms. The van der Waals surface area contributed by atoms with Crippen LogP contribution in [0.15, 0.2) is 24.3 Å². The Morgan fingerprint density at radius 1 is 0.957 bits per heavy atom. The van der Waals surface area contributed by atoms with Crippen molar-refractivity contribution in [3.8, 4) is 0 Å². The van der Waals surface area contributed by atoms with E-state index in [0.717, 1.165) is 6.42 Å². The van der Waals surface area contributed by atoms with Gasteiger partial charge < -0.3 is 14.9 Å². The van der Waals surface area contributed by atoms with Crippen molar-refractivity contribution in [1.82, 2.24) is 0 Å². The van der Waals surface area contributed by atoms with E-state index in [1.165, 1.54) is 11.1 Å². The number of carbonyl (C=O) groups excluding carboxylic acids is 2. The fourth-order valence-corrected chi connectivity index (χ4v) is 1.65. The van der Waals surface area contributed by atoms with Crippen LogP contribution in [0.1, 0.15) is 59.6 Å². The molecule has 0 spiro atoms. The van der Waals surface area contributed by atoms with Gasteiger partial charge in [-0.2, -0.15) is 0 Å². The topological polar surface area (TPSA) is 48.2 Å². The van der Waals surface area contributed by atoms with Crippen molar-refractivity contribution in [2.24, 2.45) is 5.92 Å². The molecular formula is C18H32NO2RbW. The quantitative estimate of drug-likeness (QED) is 0.486. The van der Waals surface area contributed by atoms with E-state index in [4.69, 9.17) is 4.79 Å². The summed E-state index contributed by atoms with van der Waals surface area (Å²) in [5, 5.41) is 4.01. The number of fused-ring (bicyclic) bond motifs is 1. The van der Waals surface area contributed by atoms with Crippen molar-refractivity contribution >= 4 is 12.7 Å². The second kappa shape index (κ2) is 27.7. The van der Waals surface area contributed by atoms with Crippen molar-refractivity contribution in [3.05, 3.63) is 40.7 Å². The van der Waals surface area contributed by atoms with Crippen molar-refractivity contribution in [2.45, 2.75) is 61.4 Å². The molecular weight excluding hydrogens is 532 g/mol. The summed E-state index contributed by atoms with van der Waals surface area (Å²) in [6.07, 6.45) is 0.832. The molecule has 0 radical (unpaired) electrons. The van der Waals surface area contributed by atoms with E-state index in [1.807, 2.05) is 73.5 Å². The second-order valence-electron chi connectivity index (χ2n) is 3.53. The van der Waals surface area contributed by atoms with Gasteiger partial charge in [-0.05, 0) is 12.0 Å². The molecule has 0 fully saturated rings. The number of hydrogen-bond donors (Lipinski definition) is 0. The van der Waals surface area contributed by atoms with Crippen LogP contribution in [0, 0.1) is 5.92 Å². The van der Waals surface area contributed by atoms with Crippen molar-refractivity contribution in [1.29, 1.82) is 0 Å². The first kappa shape index (κ1) is 35.0. The van der Waals surface area contributed by atoms with Crippen LogP contribution >= 0.6 is 0 Å². The largest absolute Gasteiger partial charge is 1.00 e. The van der Waals surface area contributed by atoms with E-state index >= 15 is 0 Å². The number of hydrogen-bond acceptors (Lipinski definition) is 2. The molecule has 1 heterocycles. The van der Waals surface area contributed by atoms with Crippen LogP contribution in [0.2, 0.25) is 0 Å². The summed E-state index contributed by atoms with van der Waals surface area (Å²) in [7, 11) is 0. The first-order valence-electron chi connectivity index (χ1n) is 7.84. The summed E-state index contributed by atoms with van der Waals surface area (Å²) in [6.45, 7) is 16.5. The van der Waals surface area contributed by atoms with E-state index in [-0.39, 0.29) is 91.1 Å². The Morgan fingerprint density at radius 2 is 1.35 bits per heavy atom. The molecule has 3 nitrogen and oxygen atoms in total. The first-order valence-corrected chi connectivity index (χ1v) is 7.84. The SMILES string of the molecule is C=O.CC.CC.CC.CC1Cc2ccccc2C[N-]C1=O.[Rb+].[W]. The number of benzene rings is 1. The molecule has 0 aliphatic carbocycles. The molecule has 1 unspecified atom stereocenters. The van der Waals surface area contributed by atoms with Gasteiger partial charge in [0.1, 0.15) is 6.79 Å². The zero-order valence-electron chi connectivity index (χ0n) is 16.2. The smallest absolute Gasteiger partial charge is 0.649 e. The summed E-state index contributed by atoms with van der Waals surface area (Å²) in [5.41, 5.74) is 2.46. The van der Waals surface area contributed by atoms with Crippen molar-refractivity contribution < 1.29 is 88.8 Å². The molecule has 23 heavy (non-hydrogen) atoms. The normalized spacial score (nSPS) is 13.2. The van der Waals surface area contributed by atoms with E-state index < -0.39 is 0 Å². The minimum absolute atomic E-state index is 0. The number of nitrogens with zero attached hydrogens (tertiary/aromatic N) is 1. The second-order valence-corrected chi connectivity index (χ2v) is 3.53. The standard InChI is InChI=1S/C11H13NO.3C2H6.CH2O.Rb.W/c1-8-6-9-4-2-3-5-10(9)7-12-11(8)13;4*1-2;;/h2-5,8H,6-7H2,1H3,(H,12,13);3*1-2H3;1H2;;/q;;;;;+1;/p-1. The van der Waals surface area contributed by atoms with Gasteiger partial charge in [0, 0.05) is 27.0 Å². The van der Waals surface area contributed by atoms with Gasteiger partial charge in [0.15, 0.2) is 0 Å². The molecule has 1 aromatic carbocycles. The molecule has 1 atom stereocenters. The third-order valence-electron chi connectivity index (χ3n) is 2.47. The van der Waals surface area contributed by atoms with E-state index in [2.05, 4.69) is 11.4 Å². The minimum Gasteiger partial charge on any atom is -0.649 e. The Hall–Kier alpha value is 0.854. The maximum absolute atomic E-state index is 11.3. The predicted octanol–water partition coefficient (Wildman–Crippen LogP) is 2.17. The van der Waals surface area contributed by atoms with E-state index in [1.54, 1.807) is 0 Å². The third-order valence-corrected chi connectivity index (χ3v) is 2.47. The molecule has 5 heteroatoms. The van der Waals surface area contributed by atoms with Crippen molar-refractivity contribution in [2.75, 3.05) is 0 Å². The van der Waals surface area contributed by atoms with Gasteiger partial charge >= 0.3 is 58.2 Å². The Bertz CT molecular complexity index is 363. The Labute approximate surface area is 206 Å². The molecule has 0 saturated heterocycles. The summed E-state index contributed by atoms with van der Waals surface area (Å²) >= 11 is 0. The third kappa shape index (κ3) is 16.1. The maximum atomic E-state index is 11.3. The average Bonchev–Trinajstić information content (AvgIpc) is 2.74. The number of carbonyl (C=O) groups is 2. The van der Waals surface area contributed by atoms with Crippen LogP contribution in [0.25, 0.3) is 5.32 Å². The van der Waals surface area contributed by atoms with Crippen LogP contribution in [-0.2, 0) is 43.6 Å². The van der Waals surface area contributed by atoms with Gasteiger partial charge in [-0.15, -0.1) is 6.54 Å². The molecule has 0 aromatic heterocycles. The van der Waals surface area contributed by atoms with E-state index in [0.29, 0.717) is 6.54 Å². The van der Waals surface area contributed by atoms with Crippen LogP contribution in [0.5, 0.6) is 0 Å². The number of amides is 1. The number of rotatable bonds is 0. The molecule has 1 aliphatic rings. The van der Waals surface area contributed by atoms with Gasteiger partial charge in [-0.1, -0.05) is 78.3 Å². The zero-order valence-corrected chi connectivity index (χ0v) is 24.0. The molecule has 1 amide bonds. The Morgan fingerprint density at radius 3 is 1.78 bits per heavy atom. The van der Waals surface area contributed by atoms with Crippen LogP contribution < -0.4 is 58.2 Å². The molecule has 0 N–H and O–H groups in total. The fourth-order valence-electron chi connectivity index (χ4n) is 1.65. The summed E-state index contributed by atoms with van der Waals surface area (Å²) in [4.78, 5) is 19.3. The minimum atomic E-state index is 0. The van der Waals surface area contributed by atoms with Crippen molar-refractivity contribution in [3.63, 3.8) is 0 Å². The fraction of sp³-hybridized carbons (Fsp3) is 0.556. The van der Waals surface area contributed by atoms with Crippen LogP contribution in [0.4, 0.5) is 0 Å². The molecule has 128 valence electrons. The summed E-state index contributed by atoms with van der Waals surface area (Å²) in [6, 6.07) is 8.14.